The van der Waals surface area contributed by atoms with Crippen molar-refractivity contribution in [2.75, 3.05) is 26.2 Å². The van der Waals surface area contributed by atoms with Crippen LogP contribution in [0.4, 0.5) is 0 Å². The highest BCUT2D eigenvalue weighted by atomic mass is 16.4. The van der Waals surface area contributed by atoms with Gasteiger partial charge in [-0.1, -0.05) is 0 Å². The van der Waals surface area contributed by atoms with Crippen LogP contribution in [0.15, 0.2) is 0 Å². The molecule has 0 aromatic carbocycles. The molecule has 0 aromatic heterocycles. The lowest BCUT2D eigenvalue weighted by Crippen LogP contribution is -2.57. The first-order valence-electron chi connectivity index (χ1n) is 4.19. The molecule has 1 fully saturated rings. The summed E-state index contributed by atoms with van der Waals surface area (Å²) in [6, 6.07) is 0. The Kier molecular flexibility index (Phi) is 2.69. The van der Waals surface area contributed by atoms with E-state index in [0.29, 0.717) is 0 Å². The van der Waals surface area contributed by atoms with E-state index in [1.54, 1.807) is 0 Å². The van der Waals surface area contributed by atoms with Gasteiger partial charge in [0.25, 0.3) is 0 Å². The van der Waals surface area contributed by atoms with Gasteiger partial charge in [0, 0.05) is 25.2 Å². The molecule has 70 valence electrons. The third kappa shape index (κ3) is 2.79. The number of hydrogen-bond donors (Lipinski definition) is 2. The van der Waals surface area contributed by atoms with E-state index in [-0.39, 0.29) is 12.1 Å². The third-order valence-corrected chi connectivity index (χ3v) is 2.01. The number of carboxylic acids is 1. The second kappa shape index (κ2) is 3.41. The number of hydrogen-bond acceptors (Lipinski definition) is 3. The number of carbonyl (C=O) groups is 1. The molecule has 1 heterocycles. The maximum absolute atomic E-state index is 10.4. The molecule has 0 spiro atoms. The Morgan fingerprint density at radius 1 is 1.67 bits per heavy atom. The summed E-state index contributed by atoms with van der Waals surface area (Å²) in [5.74, 6) is -0.743. The van der Waals surface area contributed by atoms with Crippen molar-refractivity contribution < 1.29 is 9.90 Å². The molecule has 1 aliphatic rings. The number of nitrogens with zero attached hydrogens (tertiary/aromatic N) is 1. The molecular weight excluding hydrogens is 156 g/mol. The first kappa shape index (κ1) is 9.48. The van der Waals surface area contributed by atoms with Crippen molar-refractivity contribution >= 4 is 5.97 Å². The van der Waals surface area contributed by atoms with Crippen molar-refractivity contribution in [3.63, 3.8) is 0 Å². The highest BCUT2D eigenvalue weighted by molar-refractivity contribution is 5.69. The summed E-state index contributed by atoms with van der Waals surface area (Å²) in [4.78, 5) is 12.4. The maximum Gasteiger partial charge on any atom is 0.317 e. The standard InChI is InChI=1S/C8H16N2O2/c1-8(2)6-10(4-3-9-8)5-7(11)12/h9H,3-6H2,1-2H3,(H,11,12). The smallest absolute Gasteiger partial charge is 0.317 e. The topological polar surface area (TPSA) is 52.6 Å². The molecule has 12 heavy (non-hydrogen) atoms. The second-order valence-corrected chi connectivity index (χ2v) is 3.92. The fraction of sp³-hybridized carbons (Fsp3) is 0.875. The van der Waals surface area contributed by atoms with Crippen LogP contribution in [0.25, 0.3) is 0 Å². The van der Waals surface area contributed by atoms with Crippen LogP contribution < -0.4 is 5.32 Å². The summed E-state index contributed by atoms with van der Waals surface area (Å²) in [6.07, 6.45) is 0. The number of piperazine rings is 1. The quantitative estimate of drug-likeness (QED) is 0.603. The summed E-state index contributed by atoms with van der Waals surface area (Å²) in [6.45, 7) is 6.84. The average molecular weight is 172 g/mol. The fourth-order valence-electron chi connectivity index (χ4n) is 1.57. The van der Waals surface area contributed by atoms with E-state index in [2.05, 4.69) is 19.2 Å². The first-order valence-corrected chi connectivity index (χ1v) is 4.19. The van der Waals surface area contributed by atoms with Gasteiger partial charge >= 0.3 is 5.97 Å². The third-order valence-electron chi connectivity index (χ3n) is 2.01. The van der Waals surface area contributed by atoms with Gasteiger partial charge in [-0.3, -0.25) is 9.69 Å². The monoisotopic (exact) mass is 172 g/mol. The zero-order chi connectivity index (χ0) is 9.19. The van der Waals surface area contributed by atoms with E-state index in [4.69, 9.17) is 5.11 Å². The summed E-state index contributed by atoms with van der Waals surface area (Å²) in [7, 11) is 0. The van der Waals surface area contributed by atoms with Gasteiger partial charge in [0.2, 0.25) is 0 Å². The molecule has 1 rings (SSSR count). The maximum atomic E-state index is 10.4. The van der Waals surface area contributed by atoms with E-state index in [0.717, 1.165) is 19.6 Å². The SMILES string of the molecule is CC1(C)CN(CC(=O)O)CCN1. The molecule has 0 aliphatic carbocycles. The van der Waals surface area contributed by atoms with Gasteiger partial charge in [0.15, 0.2) is 0 Å². The summed E-state index contributed by atoms with van der Waals surface area (Å²) < 4.78 is 0. The lowest BCUT2D eigenvalue weighted by atomic mass is 10.0. The van der Waals surface area contributed by atoms with Crippen molar-refractivity contribution in [2.45, 2.75) is 19.4 Å². The van der Waals surface area contributed by atoms with Crippen molar-refractivity contribution in [1.82, 2.24) is 10.2 Å². The molecular formula is C8H16N2O2. The molecule has 0 saturated carbocycles. The van der Waals surface area contributed by atoms with Crippen molar-refractivity contribution in [1.29, 1.82) is 0 Å². The number of aliphatic carboxylic acids is 1. The highest BCUT2D eigenvalue weighted by Gasteiger charge is 2.26. The molecule has 4 heteroatoms. The van der Waals surface area contributed by atoms with Gasteiger partial charge in [0.1, 0.15) is 0 Å². The molecule has 0 unspecified atom stereocenters. The average Bonchev–Trinajstić information content (AvgIpc) is 1.82. The minimum Gasteiger partial charge on any atom is -0.480 e. The second-order valence-electron chi connectivity index (χ2n) is 3.92. The van der Waals surface area contributed by atoms with Crippen LogP contribution in [-0.2, 0) is 4.79 Å². The fourth-order valence-corrected chi connectivity index (χ4v) is 1.57. The van der Waals surface area contributed by atoms with Crippen LogP contribution in [0.5, 0.6) is 0 Å². The van der Waals surface area contributed by atoms with Gasteiger partial charge in [-0.05, 0) is 13.8 Å². The summed E-state index contributed by atoms with van der Waals surface area (Å²) >= 11 is 0. The van der Waals surface area contributed by atoms with Crippen LogP contribution in [-0.4, -0.2) is 47.7 Å². The van der Waals surface area contributed by atoms with Gasteiger partial charge in [-0.15, -0.1) is 0 Å². The summed E-state index contributed by atoms with van der Waals surface area (Å²) in [5, 5.41) is 11.9. The Hall–Kier alpha value is -0.610. The van der Waals surface area contributed by atoms with Crippen LogP contribution in [0.1, 0.15) is 13.8 Å². The van der Waals surface area contributed by atoms with E-state index in [1.807, 2.05) is 4.90 Å². The van der Waals surface area contributed by atoms with E-state index < -0.39 is 5.97 Å². The molecule has 0 amide bonds. The molecule has 0 bridgehead atoms. The minimum absolute atomic E-state index is 0.0493. The zero-order valence-corrected chi connectivity index (χ0v) is 7.63. The predicted octanol–water partition coefficient (Wildman–Crippen LogP) is -0.245. The zero-order valence-electron chi connectivity index (χ0n) is 7.63. The van der Waals surface area contributed by atoms with Crippen LogP contribution in [0, 0.1) is 0 Å². The van der Waals surface area contributed by atoms with Crippen molar-refractivity contribution in [3.8, 4) is 0 Å². The summed E-state index contributed by atoms with van der Waals surface area (Å²) in [5.41, 5.74) is 0.0493. The number of nitrogens with one attached hydrogen (secondary N) is 1. The molecule has 1 saturated heterocycles. The van der Waals surface area contributed by atoms with Gasteiger partial charge < -0.3 is 10.4 Å². The first-order chi connectivity index (χ1) is 5.49. The Bertz CT molecular complexity index is 180. The van der Waals surface area contributed by atoms with Crippen LogP contribution in [0.2, 0.25) is 0 Å². The lowest BCUT2D eigenvalue weighted by Gasteiger charge is -2.38. The predicted molar refractivity (Wildman–Crippen MR) is 46.2 cm³/mol. The van der Waals surface area contributed by atoms with Crippen molar-refractivity contribution in [2.24, 2.45) is 0 Å². The van der Waals surface area contributed by atoms with Crippen LogP contribution in [0.3, 0.4) is 0 Å². The molecule has 1 aliphatic heterocycles. The minimum atomic E-state index is -0.743. The van der Waals surface area contributed by atoms with Gasteiger partial charge in [-0.25, -0.2) is 0 Å². The Balaban J connectivity index is 2.41. The number of carboxylic acid groups (broad SMARTS) is 1. The number of rotatable bonds is 2. The highest BCUT2D eigenvalue weighted by Crippen LogP contribution is 2.09. The molecule has 0 aromatic rings. The van der Waals surface area contributed by atoms with Gasteiger partial charge in [-0.2, -0.15) is 0 Å². The molecule has 0 atom stereocenters. The Morgan fingerprint density at radius 3 is 2.83 bits per heavy atom. The lowest BCUT2D eigenvalue weighted by molar-refractivity contribution is -0.138. The molecule has 2 N–H and O–H groups in total. The normalized spacial score (nSPS) is 23.8. The van der Waals surface area contributed by atoms with E-state index >= 15 is 0 Å². The Morgan fingerprint density at radius 2 is 2.33 bits per heavy atom. The van der Waals surface area contributed by atoms with Gasteiger partial charge in [0.05, 0.1) is 6.54 Å². The molecule has 4 nitrogen and oxygen atoms in total. The Labute approximate surface area is 72.6 Å². The van der Waals surface area contributed by atoms with Crippen molar-refractivity contribution in [3.05, 3.63) is 0 Å². The molecule has 0 radical (unpaired) electrons. The van der Waals surface area contributed by atoms with Crippen LogP contribution >= 0.6 is 0 Å². The van der Waals surface area contributed by atoms with E-state index in [9.17, 15) is 4.79 Å². The van der Waals surface area contributed by atoms with E-state index in [1.165, 1.54) is 0 Å². The largest absolute Gasteiger partial charge is 0.480 e.